The minimum Gasteiger partial charge on any atom is -0.495 e. The molecular formula is C7H6BrN3O. The first-order chi connectivity index (χ1) is 5.79. The summed E-state index contributed by atoms with van der Waals surface area (Å²) in [7, 11) is 1.62. The highest BCUT2D eigenvalue weighted by Gasteiger charge is 2.00. The zero-order chi connectivity index (χ0) is 8.55. The van der Waals surface area contributed by atoms with Crippen LogP contribution in [0, 0.1) is 0 Å². The van der Waals surface area contributed by atoms with E-state index in [1.165, 1.54) is 0 Å². The van der Waals surface area contributed by atoms with Gasteiger partial charge in [0.15, 0.2) is 5.65 Å². The van der Waals surface area contributed by atoms with Gasteiger partial charge in [0.05, 0.1) is 13.3 Å². The summed E-state index contributed by atoms with van der Waals surface area (Å²) in [6.07, 6.45) is 1.77. The maximum atomic E-state index is 5.03. The van der Waals surface area contributed by atoms with E-state index in [9.17, 15) is 0 Å². The maximum absolute atomic E-state index is 5.03. The third-order valence-corrected chi connectivity index (χ3v) is 1.85. The number of ether oxygens (including phenoxy) is 1. The van der Waals surface area contributed by atoms with Crippen molar-refractivity contribution in [2.45, 2.75) is 0 Å². The van der Waals surface area contributed by atoms with Crippen molar-refractivity contribution in [1.82, 2.24) is 14.6 Å². The van der Waals surface area contributed by atoms with E-state index in [1.54, 1.807) is 17.8 Å². The van der Waals surface area contributed by atoms with Crippen LogP contribution in [0.4, 0.5) is 0 Å². The Morgan fingerprint density at radius 2 is 2.33 bits per heavy atom. The Hall–Kier alpha value is -1.10. The molecule has 2 aromatic heterocycles. The molecule has 4 nitrogen and oxygen atoms in total. The van der Waals surface area contributed by atoms with E-state index in [2.05, 4.69) is 26.0 Å². The minimum absolute atomic E-state index is 0.579. The summed E-state index contributed by atoms with van der Waals surface area (Å²) >= 11 is 3.19. The predicted octanol–water partition coefficient (Wildman–Crippen LogP) is 1.50. The fourth-order valence-corrected chi connectivity index (χ4v) is 1.31. The number of methoxy groups -OCH3 is 1. The molecule has 0 saturated carbocycles. The Balaban J connectivity index is 2.66. The summed E-state index contributed by atoms with van der Waals surface area (Å²) < 4.78 is 7.26. The number of hydrogen-bond donors (Lipinski definition) is 0. The van der Waals surface area contributed by atoms with Crippen molar-refractivity contribution >= 4 is 21.6 Å². The largest absolute Gasteiger partial charge is 0.495 e. The van der Waals surface area contributed by atoms with Crippen LogP contribution >= 0.6 is 15.9 Å². The van der Waals surface area contributed by atoms with Crippen LogP contribution < -0.4 is 4.74 Å². The van der Waals surface area contributed by atoms with Crippen LogP contribution in [0.1, 0.15) is 0 Å². The van der Waals surface area contributed by atoms with Gasteiger partial charge in [0.1, 0.15) is 5.75 Å². The molecule has 0 atom stereocenters. The third-order valence-electron chi connectivity index (χ3n) is 1.51. The first-order valence-corrected chi connectivity index (χ1v) is 4.15. The van der Waals surface area contributed by atoms with E-state index in [-0.39, 0.29) is 0 Å². The highest BCUT2D eigenvalue weighted by Crippen LogP contribution is 2.12. The lowest BCUT2D eigenvalue weighted by molar-refractivity contribution is 0.411. The van der Waals surface area contributed by atoms with Gasteiger partial charge in [-0.3, -0.25) is 0 Å². The molecule has 62 valence electrons. The molecule has 2 heterocycles. The van der Waals surface area contributed by atoms with E-state index in [0.717, 1.165) is 11.4 Å². The maximum Gasteiger partial charge on any atom is 0.218 e. The van der Waals surface area contributed by atoms with E-state index in [1.807, 2.05) is 12.1 Å². The lowest BCUT2D eigenvalue weighted by atomic mass is 10.4. The SMILES string of the molecule is COc1ccc2nc(Br)nn2c1. The number of fused-ring (bicyclic) bond motifs is 1. The second kappa shape index (κ2) is 2.75. The van der Waals surface area contributed by atoms with Gasteiger partial charge >= 0.3 is 0 Å². The van der Waals surface area contributed by atoms with Gasteiger partial charge < -0.3 is 4.74 Å². The molecule has 2 rings (SSSR count). The van der Waals surface area contributed by atoms with Gasteiger partial charge in [-0.1, -0.05) is 0 Å². The molecule has 0 aliphatic heterocycles. The molecule has 2 aromatic rings. The molecule has 0 radical (unpaired) electrons. The number of hydrogen-bond acceptors (Lipinski definition) is 3. The Morgan fingerprint density at radius 3 is 3.08 bits per heavy atom. The van der Waals surface area contributed by atoms with Gasteiger partial charge in [-0.05, 0) is 28.1 Å². The van der Waals surface area contributed by atoms with Crippen LogP contribution in [0.25, 0.3) is 5.65 Å². The van der Waals surface area contributed by atoms with Crippen LogP contribution in [-0.2, 0) is 0 Å². The Bertz CT molecular complexity index is 412. The number of aromatic nitrogens is 3. The van der Waals surface area contributed by atoms with Gasteiger partial charge in [0.2, 0.25) is 4.73 Å². The Morgan fingerprint density at radius 1 is 1.50 bits per heavy atom. The molecule has 12 heavy (non-hydrogen) atoms. The molecule has 0 spiro atoms. The van der Waals surface area contributed by atoms with Gasteiger partial charge in [-0.25, -0.2) is 9.50 Å². The normalized spacial score (nSPS) is 10.5. The van der Waals surface area contributed by atoms with E-state index >= 15 is 0 Å². The summed E-state index contributed by atoms with van der Waals surface area (Å²) in [5, 5.41) is 4.06. The van der Waals surface area contributed by atoms with Crippen molar-refractivity contribution in [3.63, 3.8) is 0 Å². The molecule has 0 fully saturated rings. The summed E-state index contributed by atoms with van der Waals surface area (Å²) in [5.74, 6) is 0.764. The average Bonchev–Trinajstić information content (AvgIpc) is 2.43. The summed E-state index contributed by atoms with van der Waals surface area (Å²) in [6.45, 7) is 0. The zero-order valence-electron chi connectivity index (χ0n) is 6.36. The van der Waals surface area contributed by atoms with Crippen LogP contribution in [0.2, 0.25) is 0 Å². The van der Waals surface area contributed by atoms with E-state index < -0.39 is 0 Å². The molecule has 0 unspecified atom stereocenters. The molecule has 0 saturated heterocycles. The molecular weight excluding hydrogens is 222 g/mol. The van der Waals surface area contributed by atoms with Gasteiger partial charge in [-0.2, -0.15) is 0 Å². The van der Waals surface area contributed by atoms with E-state index in [0.29, 0.717) is 4.73 Å². The average molecular weight is 228 g/mol. The summed E-state index contributed by atoms with van der Waals surface area (Å²) in [5.41, 5.74) is 0.794. The Labute approximate surface area is 77.3 Å². The zero-order valence-corrected chi connectivity index (χ0v) is 7.95. The fraction of sp³-hybridized carbons (Fsp3) is 0.143. The molecule has 0 aliphatic rings. The third kappa shape index (κ3) is 1.16. The van der Waals surface area contributed by atoms with Crippen molar-refractivity contribution in [1.29, 1.82) is 0 Å². The minimum atomic E-state index is 0.579. The van der Waals surface area contributed by atoms with Crippen molar-refractivity contribution < 1.29 is 4.74 Å². The molecule has 0 aliphatic carbocycles. The monoisotopic (exact) mass is 227 g/mol. The lowest BCUT2D eigenvalue weighted by Crippen LogP contribution is -1.89. The number of nitrogens with zero attached hydrogens (tertiary/aromatic N) is 3. The lowest BCUT2D eigenvalue weighted by Gasteiger charge is -1.97. The smallest absolute Gasteiger partial charge is 0.218 e. The topological polar surface area (TPSA) is 39.4 Å². The summed E-state index contributed by atoms with van der Waals surface area (Å²) in [6, 6.07) is 3.69. The Kier molecular flexibility index (Phi) is 1.73. The fourth-order valence-electron chi connectivity index (χ4n) is 0.958. The standard InChI is InChI=1S/C7H6BrN3O/c1-12-5-2-3-6-9-7(8)10-11(6)4-5/h2-4H,1H3. The number of pyridine rings is 1. The van der Waals surface area contributed by atoms with Crippen LogP contribution in [0.15, 0.2) is 23.1 Å². The molecule has 5 heteroatoms. The highest BCUT2D eigenvalue weighted by atomic mass is 79.9. The van der Waals surface area contributed by atoms with Crippen molar-refractivity contribution in [3.05, 3.63) is 23.1 Å². The van der Waals surface area contributed by atoms with Crippen LogP contribution in [-0.4, -0.2) is 21.7 Å². The number of rotatable bonds is 1. The first-order valence-electron chi connectivity index (χ1n) is 3.35. The molecule has 0 aromatic carbocycles. The summed E-state index contributed by atoms with van der Waals surface area (Å²) in [4.78, 5) is 4.10. The van der Waals surface area contributed by atoms with Crippen molar-refractivity contribution in [2.24, 2.45) is 0 Å². The van der Waals surface area contributed by atoms with E-state index in [4.69, 9.17) is 4.74 Å². The molecule has 0 N–H and O–H groups in total. The molecule has 0 bridgehead atoms. The second-order valence-electron chi connectivity index (χ2n) is 2.25. The predicted molar refractivity (Wildman–Crippen MR) is 47.2 cm³/mol. The van der Waals surface area contributed by atoms with Gasteiger partial charge in [-0.15, -0.1) is 5.10 Å². The van der Waals surface area contributed by atoms with Crippen LogP contribution in [0.5, 0.6) is 5.75 Å². The van der Waals surface area contributed by atoms with Crippen molar-refractivity contribution in [3.8, 4) is 5.75 Å². The quantitative estimate of drug-likeness (QED) is 0.742. The molecule has 0 amide bonds. The van der Waals surface area contributed by atoms with Crippen LogP contribution in [0.3, 0.4) is 0 Å². The number of halogens is 1. The highest BCUT2D eigenvalue weighted by molar-refractivity contribution is 9.10. The van der Waals surface area contributed by atoms with Gasteiger partial charge in [0.25, 0.3) is 0 Å². The first kappa shape index (κ1) is 7.54. The second-order valence-corrected chi connectivity index (χ2v) is 2.96. The van der Waals surface area contributed by atoms with Gasteiger partial charge in [0, 0.05) is 0 Å². The van der Waals surface area contributed by atoms with Crippen molar-refractivity contribution in [2.75, 3.05) is 7.11 Å².